The Morgan fingerprint density at radius 2 is 2.03 bits per heavy atom. The molecule has 2 aromatic carbocycles. The molecule has 30 heavy (non-hydrogen) atoms. The molecule has 1 unspecified atom stereocenters. The van der Waals surface area contributed by atoms with Gasteiger partial charge in [0.2, 0.25) is 5.91 Å². The van der Waals surface area contributed by atoms with Crippen LogP contribution in [-0.2, 0) is 11.3 Å². The Balaban J connectivity index is 1.65. The molecule has 0 aliphatic rings. The Hall–Kier alpha value is -2.48. The van der Waals surface area contributed by atoms with Crippen LogP contribution < -0.4 is 5.32 Å². The molecule has 8 heteroatoms. The fourth-order valence-electron chi connectivity index (χ4n) is 3.36. The molecule has 0 spiro atoms. The third-order valence-corrected chi connectivity index (χ3v) is 5.63. The molecule has 0 fully saturated rings. The number of aromatic nitrogens is 3. The highest BCUT2D eigenvalue weighted by atomic mass is 35.5. The molecule has 3 aromatic rings. The Morgan fingerprint density at radius 1 is 1.27 bits per heavy atom. The standard InChI is InChI=1S/C22H26ClN5OS/c1-15-7-6-8-16(13-15)21-25-26-22(30)28(21)12-11-20(29)24-14-19(27(2)3)17-9-4-5-10-18(17)23/h4-10,13,19H,11-12,14H2,1-3H3,(H,24,29)(H,26,30). The fourth-order valence-corrected chi connectivity index (χ4v) is 3.84. The van der Waals surface area contributed by atoms with Crippen molar-refractivity contribution in [1.82, 2.24) is 25.0 Å². The van der Waals surface area contributed by atoms with Gasteiger partial charge < -0.3 is 10.2 Å². The Bertz CT molecular complexity index is 1080. The highest BCUT2D eigenvalue weighted by Crippen LogP contribution is 2.25. The molecule has 0 saturated heterocycles. The lowest BCUT2D eigenvalue weighted by Gasteiger charge is -2.26. The lowest BCUT2D eigenvalue weighted by molar-refractivity contribution is -0.121. The summed E-state index contributed by atoms with van der Waals surface area (Å²) in [6, 6.07) is 15.7. The maximum atomic E-state index is 12.6. The molecule has 1 atom stereocenters. The molecule has 1 amide bonds. The summed E-state index contributed by atoms with van der Waals surface area (Å²) >= 11 is 11.7. The zero-order valence-corrected chi connectivity index (χ0v) is 18.9. The molecule has 158 valence electrons. The van der Waals surface area contributed by atoms with Crippen LogP contribution in [0.25, 0.3) is 11.4 Å². The van der Waals surface area contributed by atoms with Gasteiger partial charge in [0.05, 0.1) is 6.04 Å². The summed E-state index contributed by atoms with van der Waals surface area (Å²) in [7, 11) is 3.94. The van der Waals surface area contributed by atoms with Gasteiger partial charge in [0.1, 0.15) is 0 Å². The number of amides is 1. The van der Waals surface area contributed by atoms with Gasteiger partial charge in [-0.2, -0.15) is 5.10 Å². The Kier molecular flexibility index (Phi) is 7.42. The second-order valence-electron chi connectivity index (χ2n) is 7.43. The third-order valence-electron chi connectivity index (χ3n) is 4.98. The number of aromatic amines is 1. The van der Waals surface area contributed by atoms with Crippen LogP contribution in [-0.4, -0.2) is 46.2 Å². The maximum Gasteiger partial charge on any atom is 0.221 e. The minimum atomic E-state index is -0.0489. The number of H-pyrrole nitrogens is 1. The number of nitrogens with zero attached hydrogens (tertiary/aromatic N) is 3. The summed E-state index contributed by atoms with van der Waals surface area (Å²) in [6.45, 7) is 2.95. The van der Waals surface area contributed by atoms with Crippen molar-refractivity contribution in [2.24, 2.45) is 0 Å². The van der Waals surface area contributed by atoms with Crippen LogP contribution in [0.4, 0.5) is 0 Å². The van der Waals surface area contributed by atoms with Crippen molar-refractivity contribution in [1.29, 1.82) is 0 Å². The summed E-state index contributed by atoms with van der Waals surface area (Å²) in [5.74, 6) is 0.686. The van der Waals surface area contributed by atoms with Crippen molar-refractivity contribution in [2.75, 3.05) is 20.6 Å². The second-order valence-corrected chi connectivity index (χ2v) is 8.22. The third kappa shape index (κ3) is 5.36. The summed E-state index contributed by atoms with van der Waals surface area (Å²) in [6.07, 6.45) is 0.301. The average Bonchev–Trinajstić information content (AvgIpc) is 3.08. The number of rotatable bonds is 8. The number of benzene rings is 2. The van der Waals surface area contributed by atoms with E-state index in [1.807, 2.05) is 79.0 Å². The molecule has 0 aliphatic carbocycles. The van der Waals surface area contributed by atoms with Gasteiger partial charge in [-0.25, -0.2) is 0 Å². The fraction of sp³-hybridized carbons (Fsp3) is 0.318. The normalized spacial score (nSPS) is 12.2. The van der Waals surface area contributed by atoms with Crippen molar-refractivity contribution >= 4 is 29.7 Å². The van der Waals surface area contributed by atoms with E-state index in [2.05, 4.69) is 15.5 Å². The Labute approximate surface area is 186 Å². The number of hydrogen-bond acceptors (Lipinski definition) is 4. The van der Waals surface area contributed by atoms with E-state index in [4.69, 9.17) is 23.8 Å². The number of halogens is 1. The molecule has 1 heterocycles. The summed E-state index contributed by atoms with van der Waals surface area (Å²) in [4.78, 5) is 14.6. The molecule has 0 bridgehead atoms. The molecular formula is C22H26ClN5OS. The highest BCUT2D eigenvalue weighted by Gasteiger charge is 2.18. The van der Waals surface area contributed by atoms with E-state index in [1.165, 1.54) is 0 Å². The van der Waals surface area contributed by atoms with Crippen LogP contribution in [0.15, 0.2) is 48.5 Å². The largest absolute Gasteiger partial charge is 0.354 e. The van der Waals surface area contributed by atoms with Gasteiger partial charge in [-0.15, -0.1) is 0 Å². The molecule has 3 rings (SSSR count). The molecular weight excluding hydrogens is 418 g/mol. The van der Waals surface area contributed by atoms with E-state index in [1.54, 1.807) is 0 Å². The quantitative estimate of drug-likeness (QED) is 0.507. The van der Waals surface area contributed by atoms with Crippen molar-refractivity contribution in [2.45, 2.75) is 25.9 Å². The van der Waals surface area contributed by atoms with Gasteiger partial charge in [-0.1, -0.05) is 53.6 Å². The predicted octanol–water partition coefficient (Wildman–Crippen LogP) is 4.38. The minimum Gasteiger partial charge on any atom is -0.354 e. The Morgan fingerprint density at radius 3 is 2.73 bits per heavy atom. The number of aryl methyl sites for hydroxylation is 1. The van der Waals surface area contributed by atoms with Crippen LogP contribution in [0.3, 0.4) is 0 Å². The van der Waals surface area contributed by atoms with Gasteiger partial charge in [-0.05, 0) is 50.9 Å². The molecule has 0 radical (unpaired) electrons. The van der Waals surface area contributed by atoms with E-state index < -0.39 is 0 Å². The monoisotopic (exact) mass is 443 g/mol. The number of carbonyl (C=O) groups is 1. The van der Waals surface area contributed by atoms with Gasteiger partial charge in [0.15, 0.2) is 10.6 Å². The number of nitrogens with one attached hydrogen (secondary N) is 2. The first-order valence-corrected chi connectivity index (χ1v) is 10.5. The van der Waals surface area contributed by atoms with Crippen LogP contribution >= 0.6 is 23.8 Å². The molecule has 2 N–H and O–H groups in total. The van der Waals surface area contributed by atoms with Gasteiger partial charge in [-0.3, -0.25) is 14.5 Å². The number of likely N-dealkylation sites (N-methyl/N-ethyl adjacent to an activating group) is 1. The average molecular weight is 444 g/mol. The van der Waals surface area contributed by atoms with Gasteiger partial charge in [0, 0.05) is 30.1 Å². The molecule has 6 nitrogen and oxygen atoms in total. The van der Waals surface area contributed by atoms with E-state index in [9.17, 15) is 4.79 Å². The molecule has 0 aliphatic heterocycles. The first-order valence-electron chi connectivity index (χ1n) is 9.76. The topological polar surface area (TPSA) is 66.0 Å². The highest BCUT2D eigenvalue weighted by molar-refractivity contribution is 7.71. The molecule has 1 aromatic heterocycles. The minimum absolute atomic E-state index is 0.0124. The summed E-state index contributed by atoms with van der Waals surface area (Å²) in [5.41, 5.74) is 3.09. The van der Waals surface area contributed by atoms with Crippen molar-refractivity contribution in [3.8, 4) is 11.4 Å². The summed E-state index contributed by atoms with van der Waals surface area (Å²) in [5, 5.41) is 10.9. The van der Waals surface area contributed by atoms with E-state index in [-0.39, 0.29) is 11.9 Å². The van der Waals surface area contributed by atoms with Gasteiger partial charge in [0.25, 0.3) is 0 Å². The van der Waals surface area contributed by atoms with Gasteiger partial charge >= 0.3 is 0 Å². The molecule has 0 saturated carbocycles. The van der Waals surface area contributed by atoms with Crippen molar-refractivity contribution < 1.29 is 4.79 Å². The summed E-state index contributed by atoms with van der Waals surface area (Å²) < 4.78 is 2.36. The SMILES string of the molecule is Cc1cccc(-c2n[nH]c(=S)n2CCC(=O)NCC(c2ccccc2Cl)N(C)C)c1. The van der Waals surface area contributed by atoms with Crippen LogP contribution in [0.5, 0.6) is 0 Å². The van der Waals surface area contributed by atoms with Crippen LogP contribution in [0.2, 0.25) is 5.02 Å². The second kappa shape index (κ2) is 10.0. The lowest BCUT2D eigenvalue weighted by Crippen LogP contribution is -2.35. The van der Waals surface area contributed by atoms with E-state index >= 15 is 0 Å². The van der Waals surface area contributed by atoms with Crippen molar-refractivity contribution in [3.05, 3.63) is 69.5 Å². The first kappa shape index (κ1) is 22.2. The van der Waals surface area contributed by atoms with Crippen LogP contribution in [0.1, 0.15) is 23.6 Å². The van der Waals surface area contributed by atoms with E-state index in [0.29, 0.717) is 29.3 Å². The first-order chi connectivity index (χ1) is 14.4. The predicted molar refractivity (Wildman–Crippen MR) is 123 cm³/mol. The lowest BCUT2D eigenvalue weighted by atomic mass is 10.1. The van der Waals surface area contributed by atoms with Crippen LogP contribution in [0, 0.1) is 11.7 Å². The number of carbonyl (C=O) groups excluding carboxylic acids is 1. The maximum absolute atomic E-state index is 12.6. The smallest absolute Gasteiger partial charge is 0.221 e. The zero-order chi connectivity index (χ0) is 21.7. The zero-order valence-electron chi connectivity index (χ0n) is 17.4. The van der Waals surface area contributed by atoms with Crippen molar-refractivity contribution in [3.63, 3.8) is 0 Å². The number of hydrogen-bond donors (Lipinski definition) is 2. The van der Waals surface area contributed by atoms with E-state index in [0.717, 1.165) is 22.5 Å².